The molecule has 31 heavy (non-hydrogen) atoms. The number of aryl methyl sites for hydroxylation is 1. The van der Waals surface area contributed by atoms with Crippen molar-refractivity contribution >= 4 is 33.0 Å². The third-order valence-corrected chi connectivity index (χ3v) is 6.24. The normalized spacial score (nSPS) is 14.5. The van der Waals surface area contributed by atoms with Crippen molar-refractivity contribution in [1.29, 1.82) is 0 Å². The molecule has 2 aromatic carbocycles. The number of hydrogen-bond donors (Lipinski definition) is 1. The van der Waals surface area contributed by atoms with E-state index >= 15 is 0 Å². The molecule has 0 unspecified atom stereocenters. The molecule has 168 valence electrons. The Morgan fingerprint density at radius 2 is 1.77 bits per heavy atom. The van der Waals surface area contributed by atoms with E-state index < -0.39 is 34.2 Å². The molecule has 1 fully saturated rings. The summed E-state index contributed by atoms with van der Waals surface area (Å²) in [6.07, 6.45) is -1.78. The van der Waals surface area contributed by atoms with Gasteiger partial charge in [0.1, 0.15) is 6.54 Å². The number of carbonyl (C=O) groups excluding carboxylic acids is 1. The van der Waals surface area contributed by atoms with Crippen LogP contribution in [0.25, 0.3) is 0 Å². The van der Waals surface area contributed by atoms with Crippen LogP contribution in [0.2, 0.25) is 0 Å². The summed E-state index contributed by atoms with van der Waals surface area (Å²) in [5.74, 6) is -0.728. The molecule has 1 saturated heterocycles. The second-order valence-corrected chi connectivity index (χ2v) is 9.43. The quantitative estimate of drug-likeness (QED) is 0.715. The molecule has 0 aliphatic carbocycles. The Hall–Kier alpha value is -2.75. The van der Waals surface area contributed by atoms with Crippen molar-refractivity contribution in [3.05, 3.63) is 53.6 Å². The van der Waals surface area contributed by atoms with Gasteiger partial charge >= 0.3 is 6.18 Å². The van der Waals surface area contributed by atoms with Gasteiger partial charge < -0.3 is 10.2 Å². The van der Waals surface area contributed by atoms with Gasteiger partial charge in [0.2, 0.25) is 15.9 Å². The van der Waals surface area contributed by atoms with Gasteiger partial charge in [-0.2, -0.15) is 13.2 Å². The predicted molar refractivity (Wildman–Crippen MR) is 115 cm³/mol. The first-order valence-corrected chi connectivity index (χ1v) is 11.6. The third-order valence-electron chi connectivity index (χ3n) is 5.12. The Morgan fingerprint density at radius 1 is 1.13 bits per heavy atom. The first-order chi connectivity index (χ1) is 14.5. The minimum Gasteiger partial charge on any atom is -0.370 e. The fourth-order valence-corrected chi connectivity index (χ4v) is 4.50. The Bertz CT molecular complexity index is 1070. The van der Waals surface area contributed by atoms with Crippen LogP contribution in [0.4, 0.5) is 30.2 Å². The van der Waals surface area contributed by atoms with Gasteiger partial charge in [0.15, 0.2) is 0 Å². The minimum absolute atomic E-state index is 0.0139. The van der Waals surface area contributed by atoms with Crippen molar-refractivity contribution in [2.45, 2.75) is 25.9 Å². The maximum Gasteiger partial charge on any atom is 0.416 e. The first kappa shape index (κ1) is 22.9. The van der Waals surface area contributed by atoms with Crippen molar-refractivity contribution in [2.75, 3.05) is 40.4 Å². The second kappa shape index (κ2) is 8.78. The van der Waals surface area contributed by atoms with Crippen LogP contribution in [0.15, 0.2) is 42.5 Å². The number of para-hydroxylation sites is 1. The van der Waals surface area contributed by atoms with Gasteiger partial charge in [0.05, 0.1) is 28.9 Å². The molecule has 0 bridgehead atoms. The van der Waals surface area contributed by atoms with Crippen molar-refractivity contribution in [3.63, 3.8) is 0 Å². The lowest BCUT2D eigenvalue weighted by atomic mass is 10.1. The topological polar surface area (TPSA) is 69.7 Å². The van der Waals surface area contributed by atoms with Crippen LogP contribution in [-0.4, -0.2) is 40.2 Å². The highest BCUT2D eigenvalue weighted by molar-refractivity contribution is 7.92. The number of anilines is 3. The number of carbonyl (C=O) groups is 1. The summed E-state index contributed by atoms with van der Waals surface area (Å²) < 4.78 is 65.3. The second-order valence-electron chi connectivity index (χ2n) is 7.53. The van der Waals surface area contributed by atoms with E-state index in [0.717, 1.165) is 35.5 Å². The van der Waals surface area contributed by atoms with E-state index in [9.17, 15) is 26.4 Å². The maximum absolute atomic E-state index is 13.2. The highest BCUT2D eigenvalue weighted by Crippen LogP contribution is 2.36. The number of nitrogens with one attached hydrogen (secondary N) is 1. The van der Waals surface area contributed by atoms with Crippen LogP contribution >= 0.6 is 0 Å². The van der Waals surface area contributed by atoms with Gasteiger partial charge in [-0.25, -0.2) is 8.42 Å². The Morgan fingerprint density at radius 3 is 2.35 bits per heavy atom. The van der Waals surface area contributed by atoms with Crippen molar-refractivity contribution in [1.82, 2.24) is 0 Å². The zero-order valence-electron chi connectivity index (χ0n) is 17.2. The van der Waals surface area contributed by atoms with Crippen LogP contribution in [0.1, 0.15) is 24.0 Å². The summed E-state index contributed by atoms with van der Waals surface area (Å²) in [6.45, 7) is 2.50. The third kappa shape index (κ3) is 5.49. The van der Waals surface area contributed by atoms with E-state index in [-0.39, 0.29) is 5.69 Å². The molecule has 1 N–H and O–H groups in total. The standard InChI is InChI=1S/C21H24F3N3O3S/c1-15-7-3-4-8-18(15)27(31(2,29)30)14-20(28)25-17-13-16(21(22,23)24)9-10-19(17)26-11-5-6-12-26/h3-4,7-10,13H,5-6,11-12,14H2,1-2H3,(H,25,28). The average molecular weight is 456 g/mol. The van der Waals surface area contributed by atoms with E-state index in [1.807, 2.05) is 4.90 Å². The van der Waals surface area contributed by atoms with Gasteiger partial charge in [-0.15, -0.1) is 0 Å². The molecule has 1 aliphatic heterocycles. The molecule has 1 heterocycles. The smallest absolute Gasteiger partial charge is 0.370 e. The molecule has 1 amide bonds. The number of nitrogens with zero attached hydrogens (tertiary/aromatic N) is 2. The SMILES string of the molecule is Cc1ccccc1N(CC(=O)Nc1cc(C(F)(F)F)ccc1N1CCCC1)S(C)(=O)=O. The van der Waals surface area contributed by atoms with Crippen LogP contribution in [0.3, 0.4) is 0 Å². The molecule has 0 atom stereocenters. The van der Waals surface area contributed by atoms with Crippen molar-refractivity contribution < 1.29 is 26.4 Å². The van der Waals surface area contributed by atoms with Gasteiger partial charge in [-0.3, -0.25) is 9.10 Å². The molecule has 0 saturated carbocycles. The highest BCUT2D eigenvalue weighted by Gasteiger charge is 2.32. The maximum atomic E-state index is 13.2. The van der Waals surface area contributed by atoms with Crippen LogP contribution < -0.4 is 14.5 Å². The summed E-state index contributed by atoms with van der Waals surface area (Å²) in [5, 5.41) is 2.50. The number of hydrogen-bond acceptors (Lipinski definition) is 4. The van der Waals surface area contributed by atoms with E-state index in [2.05, 4.69) is 5.32 Å². The van der Waals surface area contributed by atoms with Crippen molar-refractivity contribution in [3.8, 4) is 0 Å². The molecule has 0 spiro atoms. The summed E-state index contributed by atoms with van der Waals surface area (Å²) in [7, 11) is -3.80. The molecular weight excluding hydrogens is 431 g/mol. The Labute approximate surface area is 179 Å². The number of sulfonamides is 1. The van der Waals surface area contributed by atoms with Gasteiger partial charge in [0.25, 0.3) is 0 Å². The van der Waals surface area contributed by atoms with E-state index in [1.165, 1.54) is 6.07 Å². The fraction of sp³-hybridized carbons (Fsp3) is 0.381. The predicted octanol–water partition coefficient (Wildman–Crippen LogP) is 4.02. The van der Waals surface area contributed by atoms with Gasteiger partial charge in [-0.05, 0) is 49.6 Å². The first-order valence-electron chi connectivity index (χ1n) is 9.76. The van der Waals surface area contributed by atoms with Crippen LogP contribution in [0.5, 0.6) is 0 Å². The lowest BCUT2D eigenvalue weighted by molar-refractivity contribution is -0.137. The van der Waals surface area contributed by atoms with E-state index in [0.29, 0.717) is 30.0 Å². The molecule has 0 radical (unpaired) electrons. The molecule has 6 nitrogen and oxygen atoms in total. The Balaban J connectivity index is 1.91. The van der Waals surface area contributed by atoms with Gasteiger partial charge in [-0.1, -0.05) is 18.2 Å². The summed E-state index contributed by atoms with van der Waals surface area (Å²) in [6, 6.07) is 9.90. The zero-order chi connectivity index (χ0) is 22.8. The van der Waals surface area contributed by atoms with Crippen LogP contribution in [0, 0.1) is 6.92 Å². The Kier molecular flexibility index (Phi) is 6.49. The fourth-order valence-electron chi connectivity index (χ4n) is 3.59. The molecule has 2 aromatic rings. The summed E-state index contributed by atoms with van der Waals surface area (Å²) in [5.41, 5.74) is 0.603. The lowest BCUT2D eigenvalue weighted by Crippen LogP contribution is -2.38. The monoisotopic (exact) mass is 455 g/mol. The number of amides is 1. The van der Waals surface area contributed by atoms with Crippen LogP contribution in [-0.2, 0) is 21.0 Å². The summed E-state index contributed by atoms with van der Waals surface area (Å²) in [4.78, 5) is 14.7. The molecule has 0 aromatic heterocycles. The van der Waals surface area contributed by atoms with Gasteiger partial charge in [0, 0.05) is 13.1 Å². The number of halogens is 3. The molecule has 3 rings (SSSR count). The number of benzene rings is 2. The summed E-state index contributed by atoms with van der Waals surface area (Å²) >= 11 is 0. The highest BCUT2D eigenvalue weighted by atomic mass is 32.2. The van der Waals surface area contributed by atoms with E-state index in [1.54, 1.807) is 31.2 Å². The largest absolute Gasteiger partial charge is 0.416 e. The molecular formula is C21H24F3N3O3S. The number of alkyl halides is 3. The minimum atomic E-state index is -4.57. The molecule has 1 aliphatic rings. The number of rotatable bonds is 6. The van der Waals surface area contributed by atoms with E-state index in [4.69, 9.17) is 0 Å². The zero-order valence-corrected chi connectivity index (χ0v) is 18.1. The van der Waals surface area contributed by atoms with Crippen molar-refractivity contribution in [2.24, 2.45) is 0 Å². The lowest BCUT2D eigenvalue weighted by Gasteiger charge is -2.25. The molecule has 10 heteroatoms. The average Bonchev–Trinajstić information content (AvgIpc) is 3.20.